The lowest BCUT2D eigenvalue weighted by Gasteiger charge is -2.08. The largest absolute Gasteiger partial charge is 0.507 e. The maximum absolute atomic E-state index is 12.8. The van der Waals surface area contributed by atoms with Crippen LogP contribution in [0.25, 0.3) is 10.8 Å². The number of phenols is 1. The molecule has 0 fully saturated rings. The van der Waals surface area contributed by atoms with Crippen LogP contribution >= 0.6 is 0 Å². The van der Waals surface area contributed by atoms with Crippen molar-refractivity contribution in [2.75, 3.05) is 0 Å². The molecule has 4 aromatic carbocycles. The van der Waals surface area contributed by atoms with Gasteiger partial charge in [0.05, 0.1) is 21.9 Å². The van der Waals surface area contributed by atoms with Gasteiger partial charge < -0.3 is 9.84 Å². The van der Waals surface area contributed by atoms with Crippen molar-refractivity contribution in [3.63, 3.8) is 0 Å². The highest BCUT2D eigenvalue weighted by atomic mass is 16.6. The van der Waals surface area contributed by atoms with Crippen LogP contribution in [0.5, 0.6) is 11.5 Å². The van der Waals surface area contributed by atoms with Crippen LogP contribution in [-0.2, 0) is 0 Å². The lowest BCUT2D eigenvalue weighted by molar-refractivity contribution is -0.384. The minimum absolute atomic E-state index is 0.0945. The minimum atomic E-state index is -0.623. The van der Waals surface area contributed by atoms with Gasteiger partial charge in [-0.15, -0.1) is 5.11 Å². The fourth-order valence-electron chi connectivity index (χ4n) is 3.40. The van der Waals surface area contributed by atoms with Crippen LogP contribution in [0.1, 0.15) is 21.5 Å². The molecule has 0 aliphatic carbocycles. The second-order valence-corrected chi connectivity index (χ2v) is 7.49. The Morgan fingerprint density at radius 2 is 1.61 bits per heavy atom. The number of esters is 1. The summed E-state index contributed by atoms with van der Waals surface area (Å²) in [5.74, 6) is -0.213. The number of aromatic hydroxyl groups is 1. The second kappa shape index (κ2) is 8.88. The van der Waals surface area contributed by atoms with Crippen molar-refractivity contribution >= 4 is 33.8 Å². The van der Waals surface area contributed by atoms with Gasteiger partial charge in [0.15, 0.2) is 0 Å². The van der Waals surface area contributed by atoms with E-state index in [9.17, 15) is 20.0 Å². The molecule has 33 heavy (non-hydrogen) atoms. The summed E-state index contributed by atoms with van der Waals surface area (Å²) in [5.41, 5.74) is 2.60. The highest BCUT2D eigenvalue weighted by Gasteiger charge is 2.14. The normalized spacial score (nSPS) is 11.1. The molecule has 0 heterocycles. The minimum Gasteiger partial charge on any atom is -0.507 e. The van der Waals surface area contributed by atoms with Gasteiger partial charge in [0.1, 0.15) is 11.5 Å². The number of rotatable bonds is 5. The quantitative estimate of drug-likeness (QED) is 0.122. The van der Waals surface area contributed by atoms with Crippen molar-refractivity contribution in [2.24, 2.45) is 10.2 Å². The lowest BCUT2D eigenvalue weighted by Crippen LogP contribution is -2.08. The molecule has 8 nitrogen and oxygen atoms in total. The van der Waals surface area contributed by atoms with E-state index in [4.69, 9.17) is 4.74 Å². The van der Waals surface area contributed by atoms with E-state index < -0.39 is 10.9 Å². The van der Waals surface area contributed by atoms with Crippen molar-refractivity contribution < 1.29 is 19.6 Å². The smallest absolute Gasteiger partial charge is 0.343 e. The van der Waals surface area contributed by atoms with E-state index in [-0.39, 0.29) is 22.7 Å². The molecule has 0 unspecified atom stereocenters. The average Bonchev–Trinajstić information content (AvgIpc) is 2.81. The number of nitro benzene ring substituents is 1. The molecule has 0 bridgehead atoms. The van der Waals surface area contributed by atoms with Crippen LogP contribution in [0, 0.1) is 24.0 Å². The highest BCUT2D eigenvalue weighted by molar-refractivity contribution is 6.01. The maximum atomic E-state index is 12.8. The van der Waals surface area contributed by atoms with E-state index in [1.54, 1.807) is 38.1 Å². The van der Waals surface area contributed by atoms with Gasteiger partial charge in [0, 0.05) is 17.5 Å². The number of aryl methyl sites for hydroxylation is 2. The molecule has 0 aromatic heterocycles. The third-order valence-corrected chi connectivity index (χ3v) is 5.08. The number of fused-ring (bicyclic) bond motifs is 1. The Kier molecular flexibility index (Phi) is 5.82. The predicted octanol–water partition coefficient (Wildman–Crippen LogP) is 6.71. The molecule has 8 heteroatoms. The summed E-state index contributed by atoms with van der Waals surface area (Å²) in [5, 5.41) is 31.0. The van der Waals surface area contributed by atoms with Crippen molar-refractivity contribution in [1.29, 1.82) is 0 Å². The fraction of sp³-hybridized carbons (Fsp3) is 0.0800. The first-order chi connectivity index (χ1) is 15.8. The summed E-state index contributed by atoms with van der Waals surface area (Å²) in [4.78, 5) is 23.1. The summed E-state index contributed by atoms with van der Waals surface area (Å²) in [6, 6.07) is 19.4. The summed E-state index contributed by atoms with van der Waals surface area (Å²) in [6.45, 7) is 3.57. The van der Waals surface area contributed by atoms with E-state index in [0.717, 1.165) is 10.8 Å². The first-order valence-electron chi connectivity index (χ1n) is 10.0. The van der Waals surface area contributed by atoms with Gasteiger partial charge in [-0.05, 0) is 66.8 Å². The van der Waals surface area contributed by atoms with Crippen LogP contribution in [0.2, 0.25) is 0 Å². The maximum Gasteiger partial charge on any atom is 0.343 e. The second-order valence-electron chi connectivity index (χ2n) is 7.49. The van der Waals surface area contributed by atoms with Crippen molar-refractivity contribution in [2.45, 2.75) is 13.8 Å². The first kappa shape index (κ1) is 21.6. The number of nitro groups is 1. The Morgan fingerprint density at radius 3 is 2.27 bits per heavy atom. The number of hydrogen-bond donors (Lipinski definition) is 1. The van der Waals surface area contributed by atoms with Gasteiger partial charge >= 0.3 is 5.97 Å². The molecule has 0 amide bonds. The van der Waals surface area contributed by atoms with Crippen LogP contribution in [0.15, 0.2) is 83.0 Å². The Hall–Kier alpha value is -4.59. The predicted molar refractivity (Wildman–Crippen MR) is 124 cm³/mol. The number of ether oxygens (including phenoxy) is 1. The molecule has 0 aliphatic heterocycles. The van der Waals surface area contributed by atoms with Crippen molar-refractivity contribution in [1.82, 2.24) is 0 Å². The van der Waals surface area contributed by atoms with E-state index in [1.807, 2.05) is 24.3 Å². The van der Waals surface area contributed by atoms with E-state index in [0.29, 0.717) is 22.5 Å². The van der Waals surface area contributed by atoms with Gasteiger partial charge in [0.25, 0.3) is 5.69 Å². The topological polar surface area (TPSA) is 114 Å². The van der Waals surface area contributed by atoms with Gasteiger partial charge in [-0.3, -0.25) is 10.1 Å². The monoisotopic (exact) mass is 441 g/mol. The zero-order valence-corrected chi connectivity index (χ0v) is 17.9. The standard InChI is InChI=1S/C25H19N3O5/c1-15-11-19(12-16(2)24(15)29)26-27-23-14-18(13-17-5-3-4-6-22(17)23)25(30)33-21-9-7-20(8-10-21)28(31)32/h3-14,29H,1-2H3/b27-26+. The van der Waals surface area contributed by atoms with Gasteiger partial charge in [-0.1, -0.05) is 24.3 Å². The molecular formula is C25H19N3O5. The number of non-ortho nitro benzene ring substituents is 1. The fourth-order valence-corrected chi connectivity index (χ4v) is 3.40. The Balaban J connectivity index is 1.68. The molecule has 0 atom stereocenters. The number of azo groups is 1. The van der Waals surface area contributed by atoms with E-state index in [2.05, 4.69) is 10.2 Å². The molecule has 164 valence electrons. The third kappa shape index (κ3) is 4.69. The zero-order chi connectivity index (χ0) is 23.5. The zero-order valence-electron chi connectivity index (χ0n) is 17.9. The SMILES string of the molecule is Cc1cc(/N=N/c2cc(C(=O)Oc3ccc([N+](=O)[O-])cc3)cc3ccccc23)cc(C)c1O. The molecule has 4 aromatic rings. The third-order valence-electron chi connectivity index (χ3n) is 5.08. The molecule has 0 saturated carbocycles. The Bertz CT molecular complexity index is 1390. The van der Waals surface area contributed by atoms with Crippen LogP contribution in [0.3, 0.4) is 0 Å². The summed E-state index contributed by atoms with van der Waals surface area (Å²) < 4.78 is 5.38. The van der Waals surface area contributed by atoms with E-state index in [1.165, 1.54) is 24.3 Å². The molecular weight excluding hydrogens is 422 g/mol. The average molecular weight is 441 g/mol. The Morgan fingerprint density at radius 1 is 0.939 bits per heavy atom. The number of hydrogen-bond acceptors (Lipinski definition) is 7. The van der Waals surface area contributed by atoms with Crippen LogP contribution in [0.4, 0.5) is 17.1 Å². The van der Waals surface area contributed by atoms with Crippen molar-refractivity contribution in [3.8, 4) is 11.5 Å². The van der Waals surface area contributed by atoms with Crippen LogP contribution in [-0.4, -0.2) is 16.0 Å². The Labute approximate surface area is 188 Å². The number of carbonyl (C=O) groups excluding carboxylic acids is 1. The number of phenolic OH excluding ortho intramolecular Hbond substituents is 1. The van der Waals surface area contributed by atoms with Gasteiger partial charge in [-0.25, -0.2) is 4.79 Å². The summed E-state index contributed by atoms with van der Waals surface area (Å²) >= 11 is 0. The summed E-state index contributed by atoms with van der Waals surface area (Å²) in [6.07, 6.45) is 0. The van der Waals surface area contributed by atoms with Gasteiger partial charge in [0.2, 0.25) is 0 Å². The highest BCUT2D eigenvalue weighted by Crippen LogP contribution is 2.32. The lowest BCUT2D eigenvalue weighted by atomic mass is 10.1. The van der Waals surface area contributed by atoms with Crippen molar-refractivity contribution in [3.05, 3.63) is 99.6 Å². The summed E-state index contributed by atoms with van der Waals surface area (Å²) in [7, 11) is 0. The van der Waals surface area contributed by atoms with Gasteiger partial charge in [-0.2, -0.15) is 5.11 Å². The number of carbonyl (C=O) groups is 1. The molecule has 4 rings (SSSR count). The molecule has 0 radical (unpaired) electrons. The molecule has 0 spiro atoms. The van der Waals surface area contributed by atoms with E-state index >= 15 is 0 Å². The van der Waals surface area contributed by atoms with Crippen LogP contribution < -0.4 is 4.74 Å². The molecule has 0 aliphatic rings. The molecule has 0 saturated heterocycles. The number of benzene rings is 4. The molecule has 1 N–H and O–H groups in total. The number of nitrogens with zero attached hydrogens (tertiary/aromatic N) is 3. The first-order valence-corrected chi connectivity index (χ1v) is 10.0.